The summed E-state index contributed by atoms with van der Waals surface area (Å²) in [5.41, 5.74) is -1.75. The van der Waals surface area contributed by atoms with Gasteiger partial charge in [-0.1, -0.05) is 17.7 Å². The Morgan fingerprint density at radius 1 is 1.50 bits per heavy atom. The lowest BCUT2D eigenvalue weighted by atomic mass is 10.1. The van der Waals surface area contributed by atoms with Gasteiger partial charge in [0.05, 0.1) is 4.92 Å². The molecule has 0 unspecified atom stereocenters. The molecular formula is C8H4ClF2NO4. The highest BCUT2D eigenvalue weighted by molar-refractivity contribution is 6.32. The van der Waals surface area contributed by atoms with Crippen molar-refractivity contribution in [1.82, 2.24) is 0 Å². The first-order valence-electron chi connectivity index (χ1n) is 3.82. The number of benzene rings is 1. The molecule has 0 bridgehead atoms. The van der Waals surface area contributed by atoms with E-state index in [-0.39, 0.29) is 5.02 Å². The van der Waals surface area contributed by atoms with E-state index in [0.717, 1.165) is 12.1 Å². The number of carboxylic acids is 1. The van der Waals surface area contributed by atoms with Crippen LogP contribution in [0, 0.1) is 10.1 Å². The fourth-order valence-electron chi connectivity index (χ4n) is 0.971. The number of aliphatic carboxylic acids is 1. The number of nitro groups is 1. The van der Waals surface area contributed by atoms with Crippen molar-refractivity contribution in [2.75, 3.05) is 0 Å². The molecule has 8 heteroatoms. The predicted molar refractivity (Wildman–Crippen MR) is 49.6 cm³/mol. The molecule has 1 aromatic rings. The number of rotatable bonds is 3. The zero-order chi connectivity index (χ0) is 12.5. The van der Waals surface area contributed by atoms with E-state index in [1.807, 2.05) is 0 Å². The van der Waals surface area contributed by atoms with Gasteiger partial charge >= 0.3 is 11.9 Å². The fraction of sp³-hybridized carbons (Fsp3) is 0.125. The summed E-state index contributed by atoms with van der Waals surface area (Å²) in [6, 6.07) is 2.02. The summed E-state index contributed by atoms with van der Waals surface area (Å²) < 4.78 is 26.0. The van der Waals surface area contributed by atoms with Crippen LogP contribution in [0.2, 0.25) is 5.02 Å². The molecule has 0 aromatic heterocycles. The Bertz CT molecular complexity index is 463. The van der Waals surface area contributed by atoms with Crippen LogP contribution in [-0.2, 0) is 10.7 Å². The second kappa shape index (κ2) is 4.01. The molecule has 86 valence electrons. The number of halogens is 3. The number of hydrogen-bond donors (Lipinski definition) is 1. The Balaban J connectivity index is 3.33. The molecule has 0 aliphatic rings. The van der Waals surface area contributed by atoms with E-state index in [9.17, 15) is 23.7 Å². The highest BCUT2D eigenvalue weighted by Crippen LogP contribution is 2.33. The molecule has 1 aromatic carbocycles. The molecule has 0 fully saturated rings. The van der Waals surface area contributed by atoms with Crippen LogP contribution in [0.4, 0.5) is 14.5 Å². The number of nitrogens with zero attached hydrogens (tertiary/aromatic N) is 1. The quantitative estimate of drug-likeness (QED) is 0.661. The van der Waals surface area contributed by atoms with Crippen LogP contribution in [0.25, 0.3) is 0 Å². The Morgan fingerprint density at radius 3 is 2.50 bits per heavy atom. The Kier molecular flexibility index (Phi) is 3.09. The Hall–Kier alpha value is -1.76. The molecule has 0 aliphatic heterocycles. The Morgan fingerprint density at radius 2 is 2.06 bits per heavy atom. The smallest absolute Gasteiger partial charge is 0.379 e. The average Bonchev–Trinajstić information content (AvgIpc) is 2.17. The predicted octanol–water partition coefficient (Wildman–Crippen LogP) is 2.42. The first-order chi connectivity index (χ1) is 7.26. The van der Waals surface area contributed by atoms with Gasteiger partial charge in [-0.2, -0.15) is 8.78 Å². The van der Waals surface area contributed by atoms with E-state index < -0.39 is 28.1 Å². The normalized spacial score (nSPS) is 11.2. The summed E-state index contributed by atoms with van der Waals surface area (Å²) in [6.45, 7) is 0. The molecule has 1 N–H and O–H groups in total. The van der Waals surface area contributed by atoms with Gasteiger partial charge in [0.15, 0.2) is 0 Å². The van der Waals surface area contributed by atoms with Crippen molar-refractivity contribution in [3.8, 4) is 0 Å². The summed E-state index contributed by atoms with van der Waals surface area (Å²) in [5, 5.41) is 18.3. The van der Waals surface area contributed by atoms with E-state index in [1.165, 1.54) is 0 Å². The van der Waals surface area contributed by atoms with Gasteiger partial charge in [0.2, 0.25) is 0 Å². The van der Waals surface area contributed by atoms with Crippen molar-refractivity contribution in [1.29, 1.82) is 0 Å². The Labute approximate surface area is 92.4 Å². The molecular weight excluding hydrogens is 248 g/mol. The lowest BCUT2D eigenvalue weighted by molar-refractivity contribution is -0.384. The number of carboxylic acid groups (broad SMARTS) is 1. The van der Waals surface area contributed by atoms with E-state index in [1.54, 1.807) is 0 Å². The molecule has 0 heterocycles. The summed E-state index contributed by atoms with van der Waals surface area (Å²) >= 11 is 5.39. The van der Waals surface area contributed by atoms with Crippen LogP contribution in [0.15, 0.2) is 18.2 Å². The molecule has 5 nitrogen and oxygen atoms in total. The van der Waals surface area contributed by atoms with E-state index in [0.29, 0.717) is 6.07 Å². The first-order valence-corrected chi connectivity index (χ1v) is 4.20. The second-order valence-corrected chi connectivity index (χ2v) is 3.21. The molecule has 0 radical (unpaired) electrons. The molecule has 16 heavy (non-hydrogen) atoms. The third-order valence-electron chi connectivity index (χ3n) is 1.77. The van der Waals surface area contributed by atoms with Gasteiger partial charge in [-0.15, -0.1) is 0 Å². The van der Waals surface area contributed by atoms with Crippen molar-refractivity contribution in [2.24, 2.45) is 0 Å². The minimum absolute atomic E-state index is 0.338. The van der Waals surface area contributed by atoms with Crippen molar-refractivity contribution < 1.29 is 23.6 Å². The van der Waals surface area contributed by atoms with Crippen LogP contribution in [0.5, 0.6) is 0 Å². The van der Waals surface area contributed by atoms with Crippen LogP contribution in [0.3, 0.4) is 0 Å². The van der Waals surface area contributed by atoms with Gasteiger partial charge in [-0.05, 0) is 6.07 Å². The highest BCUT2D eigenvalue weighted by Gasteiger charge is 2.42. The number of alkyl halides is 2. The van der Waals surface area contributed by atoms with Gasteiger partial charge in [-0.25, -0.2) is 4.79 Å². The molecule has 0 saturated heterocycles. The molecule has 0 atom stereocenters. The lowest BCUT2D eigenvalue weighted by Gasteiger charge is -2.10. The molecule has 0 amide bonds. The van der Waals surface area contributed by atoms with Crippen molar-refractivity contribution in [3.63, 3.8) is 0 Å². The maximum Gasteiger partial charge on any atom is 0.379 e. The zero-order valence-corrected chi connectivity index (χ0v) is 8.24. The molecule has 1 rings (SSSR count). The number of carbonyl (C=O) groups is 1. The SMILES string of the molecule is O=C(O)C(F)(F)c1ccc(Cl)c([N+](=O)[O-])c1. The van der Waals surface area contributed by atoms with E-state index in [2.05, 4.69) is 0 Å². The van der Waals surface area contributed by atoms with Gasteiger partial charge in [0.25, 0.3) is 5.69 Å². The molecule has 0 aliphatic carbocycles. The van der Waals surface area contributed by atoms with Crippen LogP contribution in [0.1, 0.15) is 5.56 Å². The summed E-state index contributed by atoms with van der Waals surface area (Å²) in [5.74, 6) is -6.57. The third-order valence-corrected chi connectivity index (χ3v) is 2.09. The first kappa shape index (κ1) is 12.3. The summed E-state index contributed by atoms with van der Waals surface area (Å²) in [6.07, 6.45) is 0. The number of hydrogen-bond acceptors (Lipinski definition) is 3. The van der Waals surface area contributed by atoms with Gasteiger partial charge in [0.1, 0.15) is 5.02 Å². The van der Waals surface area contributed by atoms with Gasteiger partial charge in [-0.3, -0.25) is 10.1 Å². The van der Waals surface area contributed by atoms with Crippen LogP contribution >= 0.6 is 11.6 Å². The largest absolute Gasteiger partial charge is 0.477 e. The van der Waals surface area contributed by atoms with Crippen molar-refractivity contribution in [3.05, 3.63) is 38.9 Å². The maximum atomic E-state index is 13.0. The zero-order valence-electron chi connectivity index (χ0n) is 7.49. The minimum atomic E-state index is -4.19. The van der Waals surface area contributed by atoms with Gasteiger partial charge in [0, 0.05) is 11.6 Å². The maximum absolute atomic E-state index is 13.0. The third kappa shape index (κ3) is 2.08. The summed E-state index contributed by atoms with van der Waals surface area (Å²) in [4.78, 5) is 19.7. The number of nitro benzene ring substituents is 1. The van der Waals surface area contributed by atoms with E-state index in [4.69, 9.17) is 16.7 Å². The second-order valence-electron chi connectivity index (χ2n) is 2.80. The van der Waals surface area contributed by atoms with Crippen molar-refractivity contribution in [2.45, 2.75) is 5.92 Å². The van der Waals surface area contributed by atoms with Crippen molar-refractivity contribution >= 4 is 23.3 Å². The monoisotopic (exact) mass is 251 g/mol. The van der Waals surface area contributed by atoms with Crippen LogP contribution in [-0.4, -0.2) is 16.0 Å². The molecule has 0 saturated carbocycles. The fourth-order valence-corrected chi connectivity index (χ4v) is 1.16. The average molecular weight is 252 g/mol. The summed E-state index contributed by atoms with van der Waals surface area (Å²) in [7, 11) is 0. The lowest BCUT2D eigenvalue weighted by Crippen LogP contribution is -2.25. The van der Waals surface area contributed by atoms with Crippen LogP contribution < -0.4 is 0 Å². The minimum Gasteiger partial charge on any atom is -0.477 e. The standard InChI is InChI=1S/C8H4ClF2NO4/c9-5-2-1-4(3-6(5)12(15)16)8(10,11)7(13)14/h1-3H,(H,13,14). The van der Waals surface area contributed by atoms with Gasteiger partial charge < -0.3 is 5.11 Å². The molecule has 0 spiro atoms. The topological polar surface area (TPSA) is 80.4 Å². The van der Waals surface area contributed by atoms with E-state index >= 15 is 0 Å². The highest BCUT2D eigenvalue weighted by atomic mass is 35.5.